The molecule has 0 spiro atoms. The minimum absolute atomic E-state index is 0. The topological polar surface area (TPSA) is 59.0 Å². The highest BCUT2D eigenvalue weighted by molar-refractivity contribution is 5.85. The van der Waals surface area contributed by atoms with E-state index in [2.05, 4.69) is 25.7 Å². The first-order chi connectivity index (χ1) is 13.8. The molecule has 0 atom stereocenters. The maximum atomic E-state index is 8.93. The summed E-state index contributed by atoms with van der Waals surface area (Å²) < 4.78 is 0. The van der Waals surface area contributed by atoms with Crippen molar-refractivity contribution in [1.82, 2.24) is 14.9 Å². The van der Waals surface area contributed by atoms with Gasteiger partial charge in [0.05, 0.1) is 0 Å². The standard InChI is InChI=1S/C21H36N6O.2ClH/c28-17-7-1-2-8-24-13-15-26(16-14-24)20-18-19(25-9-3-4-10-25)22-21(23-20)27-11-5-6-12-27;;/h18,28H,1-17H2;2*1H. The second kappa shape index (κ2) is 12.7. The molecule has 0 aliphatic carbocycles. The van der Waals surface area contributed by atoms with E-state index in [-0.39, 0.29) is 24.8 Å². The number of aliphatic hydroxyl groups is 1. The van der Waals surface area contributed by atoms with Crippen molar-refractivity contribution in [2.24, 2.45) is 0 Å². The average molecular weight is 461 g/mol. The summed E-state index contributed by atoms with van der Waals surface area (Å²) in [6, 6.07) is 2.22. The van der Waals surface area contributed by atoms with Crippen LogP contribution in [0.5, 0.6) is 0 Å². The molecule has 30 heavy (non-hydrogen) atoms. The Balaban J connectivity index is 0.00000160. The van der Waals surface area contributed by atoms with Gasteiger partial charge in [-0.1, -0.05) is 0 Å². The minimum Gasteiger partial charge on any atom is -0.396 e. The molecular weight excluding hydrogens is 423 g/mol. The van der Waals surface area contributed by atoms with Gasteiger partial charge in [0.2, 0.25) is 5.95 Å². The maximum Gasteiger partial charge on any atom is 0.229 e. The fourth-order valence-electron chi connectivity index (χ4n) is 4.56. The third kappa shape index (κ3) is 6.49. The molecule has 1 N–H and O–H groups in total. The zero-order valence-corrected chi connectivity index (χ0v) is 19.7. The Hall–Kier alpha value is -1.02. The molecule has 1 aromatic heterocycles. The van der Waals surface area contributed by atoms with Crippen LogP contribution in [0.3, 0.4) is 0 Å². The van der Waals surface area contributed by atoms with Gasteiger partial charge in [-0.3, -0.25) is 4.90 Å². The summed E-state index contributed by atoms with van der Waals surface area (Å²) in [5.74, 6) is 3.16. The predicted molar refractivity (Wildman–Crippen MR) is 129 cm³/mol. The van der Waals surface area contributed by atoms with Crippen LogP contribution in [0.1, 0.15) is 44.9 Å². The van der Waals surface area contributed by atoms with Gasteiger partial charge in [-0.2, -0.15) is 9.97 Å². The van der Waals surface area contributed by atoms with Gasteiger partial charge in [0.25, 0.3) is 0 Å². The van der Waals surface area contributed by atoms with Crippen molar-refractivity contribution in [2.45, 2.75) is 44.9 Å². The van der Waals surface area contributed by atoms with Crippen molar-refractivity contribution in [2.75, 3.05) is 80.2 Å². The van der Waals surface area contributed by atoms with Gasteiger partial charge in [-0.15, -0.1) is 24.8 Å². The second-order valence-corrected chi connectivity index (χ2v) is 8.39. The van der Waals surface area contributed by atoms with Crippen LogP contribution in [0.2, 0.25) is 0 Å². The number of rotatable bonds is 8. The molecular formula is C21H38Cl2N6O. The van der Waals surface area contributed by atoms with Crippen LogP contribution >= 0.6 is 24.8 Å². The normalized spacial score (nSPS) is 19.7. The van der Waals surface area contributed by atoms with Crippen molar-refractivity contribution < 1.29 is 5.11 Å². The first kappa shape index (κ1) is 25.2. The Morgan fingerprint density at radius 2 is 1.20 bits per heavy atom. The molecule has 3 saturated heterocycles. The van der Waals surface area contributed by atoms with E-state index < -0.39 is 0 Å². The number of hydrogen-bond donors (Lipinski definition) is 1. The Morgan fingerprint density at radius 1 is 0.667 bits per heavy atom. The number of unbranched alkanes of at least 4 members (excludes halogenated alkanes) is 2. The van der Waals surface area contributed by atoms with Gasteiger partial charge in [0.1, 0.15) is 11.6 Å². The molecule has 9 heteroatoms. The quantitative estimate of drug-likeness (QED) is 0.598. The van der Waals surface area contributed by atoms with Gasteiger partial charge in [-0.05, 0) is 51.5 Å². The van der Waals surface area contributed by atoms with E-state index in [1.807, 2.05) is 0 Å². The molecule has 172 valence electrons. The highest BCUT2D eigenvalue weighted by Gasteiger charge is 2.24. The molecule has 0 saturated carbocycles. The molecule has 0 unspecified atom stereocenters. The Kier molecular flexibility index (Phi) is 10.7. The molecule has 0 amide bonds. The van der Waals surface area contributed by atoms with Gasteiger partial charge >= 0.3 is 0 Å². The maximum absolute atomic E-state index is 8.93. The molecule has 4 rings (SSSR count). The van der Waals surface area contributed by atoms with E-state index in [1.54, 1.807) is 0 Å². The molecule has 3 fully saturated rings. The van der Waals surface area contributed by atoms with Crippen LogP contribution in [-0.2, 0) is 0 Å². The van der Waals surface area contributed by atoms with Crippen molar-refractivity contribution in [3.63, 3.8) is 0 Å². The lowest BCUT2D eigenvalue weighted by Crippen LogP contribution is -2.47. The highest BCUT2D eigenvalue weighted by Crippen LogP contribution is 2.27. The Bertz CT molecular complexity index is 583. The molecule has 4 heterocycles. The number of aliphatic hydroxyl groups excluding tert-OH is 1. The molecule has 0 bridgehead atoms. The molecule has 1 aromatic rings. The fourth-order valence-corrected chi connectivity index (χ4v) is 4.56. The fraction of sp³-hybridized carbons (Fsp3) is 0.810. The van der Waals surface area contributed by atoms with Gasteiger partial charge in [-0.25, -0.2) is 0 Å². The summed E-state index contributed by atoms with van der Waals surface area (Å²) in [4.78, 5) is 19.7. The average Bonchev–Trinajstić information content (AvgIpc) is 3.46. The monoisotopic (exact) mass is 460 g/mol. The third-order valence-corrected chi connectivity index (χ3v) is 6.34. The van der Waals surface area contributed by atoms with Crippen molar-refractivity contribution in [3.05, 3.63) is 6.07 Å². The Morgan fingerprint density at radius 3 is 1.77 bits per heavy atom. The van der Waals surface area contributed by atoms with E-state index >= 15 is 0 Å². The zero-order valence-electron chi connectivity index (χ0n) is 18.0. The second-order valence-electron chi connectivity index (χ2n) is 8.39. The third-order valence-electron chi connectivity index (χ3n) is 6.34. The van der Waals surface area contributed by atoms with Gasteiger partial charge < -0.3 is 19.8 Å². The summed E-state index contributed by atoms with van der Waals surface area (Å²) >= 11 is 0. The number of nitrogens with zero attached hydrogens (tertiary/aromatic N) is 6. The number of hydrogen-bond acceptors (Lipinski definition) is 7. The molecule has 0 radical (unpaired) electrons. The number of piperazine rings is 1. The molecule has 0 aromatic carbocycles. The lowest BCUT2D eigenvalue weighted by molar-refractivity contribution is 0.242. The van der Waals surface area contributed by atoms with Crippen LogP contribution in [0, 0.1) is 0 Å². The summed E-state index contributed by atoms with van der Waals surface area (Å²) in [6.07, 6.45) is 8.29. The van der Waals surface area contributed by atoms with Gasteiger partial charge in [0, 0.05) is 65.0 Å². The number of aromatic nitrogens is 2. The zero-order chi connectivity index (χ0) is 19.2. The summed E-state index contributed by atoms with van der Waals surface area (Å²) in [6.45, 7) is 10.2. The Labute approximate surface area is 193 Å². The SMILES string of the molecule is Cl.Cl.OCCCCCN1CCN(c2cc(N3CCCC3)nc(N3CCCC3)n2)CC1. The summed E-state index contributed by atoms with van der Waals surface area (Å²) in [5.41, 5.74) is 0. The van der Waals surface area contributed by atoms with Crippen LogP contribution in [-0.4, -0.2) is 85.5 Å². The molecule has 3 aliphatic rings. The number of halogens is 2. The van der Waals surface area contributed by atoms with Crippen LogP contribution in [0.4, 0.5) is 17.6 Å². The summed E-state index contributed by atoms with van der Waals surface area (Å²) in [5, 5.41) is 8.93. The molecule has 7 nitrogen and oxygen atoms in total. The number of anilines is 3. The van der Waals surface area contributed by atoms with Crippen LogP contribution in [0.15, 0.2) is 6.07 Å². The first-order valence-electron chi connectivity index (χ1n) is 11.3. The van der Waals surface area contributed by atoms with Gasteiger partial charge in [0.15, 0.2) is 0 Å². The smallest absolute Gasteiger partial charge is 0.229 e. The van der Waals surface area contributed by atoms with E-state index in [0.29, 0.717) is 6.61 Å². The van der Waals surface area contributed by atoms with Crippen LogP contribution in [0.25, 0.3) is 0 Å². The predicted octanol–water partition coefficient (Wildman–Crippen LogP) is 2.81. The van der Waals surface area contributed by atoms with Crippen molar-refractivity contribution in [1.29, 1.82) is 0 Å². The lowest BCUT2D eigenvalue weighted by atomic mass is 10.2. The van der Waals surface area contributed by atoms with Crippen molar-refractivity contribution in [3.8, 4) is 0 Å². The van der Waals surface area contributed by atoms with E-state index in [0.717, 1.165) is 89.3 Å². The summed E-state index contributed by atoms with van der Waals surface area (Å²) in [7, 11) is 0. The van der Waals surface area contributed by atoms with Crippen LogP contribution < -0.4 is 14.7 Å². The minimum atomic E-state index is 0. The first-order valence-corrected chi connectivity index (χ1v) is 11.3. The highest BCUT2D eigenvalue weighted by atomic mass is 35.5. The van der Waals surface area contributed by atoms with Crippen molar-refractivity contribution >= 4 is 42.4 Å². The largest absolute Gasteiger partial charge is 0.396 e. The lowest BCUT2D eigenvalue weighted by Gasteiger charge is -2.36. The van der Waals surface area contributed by atoms with E-state index in [1.165, 1.54) is 32.1 Å². The molecule has 3 aliphatic heterocycles. The van der Waals surface area contributed by atoms with E-state index in [4.69, 9.17) is 15.1 Å². The van der Waals surface area contributed by atoms with E-state index in [9.17, 15) is 0 Å².